The topological polar surface area (TPSA) is 66.5 Å². The van der Waals surface area contributed by atoms with Crippen molar-refractivity contribution in [3.05, 3.63) is 28.5 Å². The number of halogens is 2. The smallest absolute Gasteiger partial charge is 0.246 e. The van der Waals surface area contributed by atoms with Crippen LogP contribution in [0, 0.1) is 11.2 Å². The highest BCUT2D eigenvalue weighted by atomic mass is 79.9. The average molecular weight is 379 g/mol. The highest BCUT2D eigenvalue weighted by Crippen LogP contribution is 2.34. The van der Waals surface area contributed by atoms with Gasteiger partial charge in [0.1, 0.15) is 10.7 Å². The summed E-state index contributed by atoms with van der Waals surface area (Å²) < 4.78 is 40.5. The van der Waals surface area contributed by atoms with Gasteiger partial charge in [0, 0.05) is 24.6 Å². The van der Waals surface area contributed by atoms with Gasteiger partial charge in [-0.2, -0.15) is 4.31 Å². The van der Waals surface area contributed by atoms with Crippen LogP contribution >= 0.6 is 15.9 Å². The van der Waals surface area contributed by atoms with Crippen molar-refractivity contribution in [1.29, 1.82) is 0 Å². The van der Waals surface area contributed by atoms with E-state index in [4.69, 9.17) is 0 Å². The van der Waals surface area contributed by atoms with Crippen LogP contribution in [0.3, 0.4) is 0 Å². The van der Waals surface area contributed by atoms with Crippen LogP contribution in [0.2, 0.25) is 0 Å². The molecule has 5 nitrogen and oxygen atoms in total. The molecular formula is C13H16BrFN2O3S. The summed E-state index contributed by atoms with van der Waals surface area (Å²) in [5, 5.41) is 2.54. The molecule has 1 fully saturated rings. The number of hydrogen-bond acceptors (Lipinski definition) is 3. The lowest BCUT2D eigenvalue weighted by molar-refractivity contribution is -0.128. The number of rotatable bonds is 3. The van der Waals surface area contributed by atoms with Crippen molar-refractivity contribution in [2.75, 3.05) is 20.1 Å². The van der Waals surface area contributed by atoms with Crippen molar-refractivity contribution in [3.63, 3.8) is 0 Å². The minimum absolute atomic E-state index is 0.0461. The first-order chi connectivity index (χ1) is 9.70. The predicted octanol–water partition coefficient (Wildman–Crippen LogP) is 1.73. The Labute approximate surface area is 131 Å². The van der Waals surface area contributed by atoms with Gasteiger partial charge < -0.3 is 5.32 Å². The van der Waals surface area contributed by atoms with E-state index in [2.05, 4.69) is 21.2 Å². The summed E-state index contributed by atoms with van der Waals surface area (Å²) in [7, 11) is -2.43. The summed E-state index contributed by atoms with van der Waals surface area (Å²) in [5.41, 5.74) is -0.784. The maximum atomic E-state index is 13.9. The molecule has 1 aromatic rings. The third kappa shape index (κ3) is 2.97. The molecule has 1 unspecified atom stereocenters. The lowest BCUT2D eigenvalue weighted by Crippen LogP contribution is -2.40. The zero-order valence-corrected chi connectivity index (χ0v) is 14.1. The Kier molecular flexibility index (Phi) is 4.41. The zero-order valence-electron chi connectivity index (χ0n) is 11.7. The van der Waals surface area contributed by atoms with Crippen molar-refractivity contribution < 1.29 is 17.6 Å². The lowest BCUT2D eigenvalue weighted by Gasteiger charge is -2.22. The van der Waals surface area contributed by atoms with Gasteiger partial charge in [0.25, 0.3) is 0 Å². The fourth-order valence-corrected chi connectivity index (χ4v) is 4.38. The quantitative estimate of drug-likeness (QED) is 0.870. The fourth-order valence-electron chi connectivity index (χ4n) is 2.43. The van der Waals surface area contributed by atoms with E-state index >= 15 is 0 Å². The summed E-state index contributed by atoms with van der Waals surface area (Å²) in [4.78, 5) is 11.5. The van der Waals surface area contributed by atoms with E-state index in [-0.39, 0.29) is 23.9 Å². The van der Waals surface area contributed by atoms with Gasteiger partial charge in [-0.25, -0.2) is 12.8 Å². The van der Waals surface area contributed by atoms with Crippen LogP contribution in [0.25, 0.3) is 0 Å². The first-order valence-corrected chi connectivity index (χ1v) is 8.61. The molecule has 1 atom stereocenters. The van der Waals surface area contributed by atoms with E-state index in [1.54, 1.807) is 6.92 Å². The number of carbonyl (C=O) groups excluding carboxylic acids is 1. The molecule has 0 radical (unpaired) electrons. The van der Waals surface area contributed by atoms with E-state index < -0.39 is 21.3 Å². The molecule has 1 amide bonds. The highest BCUT2D eigenvalue weighted by Gasteiger charge is 2.44. The summed E-state index contributed by atoms with van der Waals surface area (Å²) in [6.45, 7) is 1.95. The fraction of sp³-hybridized carbons (Fsp3) is 0.462. The van der Waals surface area contributed by atoms with Gasteiger partial charge in [-0.15, -0.1) is 0 Å². The second kappa shape index (κ2) is 5.66. The minimum Gasteiger partial charge on any atom is -0.359 e. The number of nitrogens with one attached hydrogen (secondary N) is 1. The van der Waals surface area contributed by atoms with Gasteiger partial charge in [0.2, 0.25) is 15.9 Å². The summed E-state index contributed by atoms with van der Waals surface area (Å²) in [6, 6.07) is 3.81. The van der Waals surface area contributed by atoms with Gasteiger partial charge in [0.05, 0.1) is 5.41 Å². The van der Waals surface area contributed by atoms with E-state index in [1.807, 2.05) is 0 Å². The molecule has 8 heteroatoms. The van der Waals surface area contributed by atoms with Gasteiger partial charge >= 0.3 is 0 Å². The first kappa shape index (κ1) is 16.4. The Morgan fingerprint density at radius 2 is 2.14 bits per heavy atom. The Morgan fingerprint density at radius 3 is 2.71 bits per heavy atom. The van der Waals surface area contributed by atoms with E-state index in [1.165, 1.54) is 19.2 Å². The number of sulfonamides is 1. The number of amides is 1. The van der Waals surface area contributed by atoms with Crippen molar-refractivity contribution in [2.24, 2.45) is 5.41 Å². The van der Waals surface area contributed by atoms with Crippen LogP contribution in [-0.2, 0) is 14.8 Å². The maximum absolute atomic E-state index is 13.9. The van der Waals surface area contributed by atoms with Crippen molar-refractivity contribution in [1.82, 2.24) is 9.62 Å². The van der Waals surface area contributed by atoms with Crippen molar-refractivity contribution in [2.45, 2.75) is 18.2 Å². The second-order valence-electron chi connectivity index (χ2n) is 5.30. The van der Waals surface area contributed by atoms with Crippen LogP contribution in [0.15, 0.2) is 27.6 Å². The lowest BCUT2D eigenvalue weighted by atomic mass is 9.89. The van der Waals surface area contributed by atoms with Crippen LogP contribution in [0.5, 0.6) is 0 Å². The van der Waals surface area contributed by atoms with Gasteiger partial charge in [-0.1, -0.05) is 15.9 Å². The molecule has 116 valence electrons. The standard InChI is InChI=1S/C13H16BrFN2O3S/c1-13(12(18)16-2)5-6-17(8-13)21(19,20)11-4-3-9(14)7-10(11)15/h3-4,7H,5-6,8H2,1-2H3,(H,16,18). The number of nitrogens with zero attached hydrogens (tertiary/aromatic N) is 1. The predicted molar refractivity (Wildman–Crippen MR) is 79.6 cm³/mol. The Balaban J connectivity index is 2.32. The van der Waals surface area contributed by atoms with Crippen molar-refractivity contribution in [3.8, 4) is 0 Å². The molecule has 0 aliphatic carbocycles. The molecule has 0 bridgehead atoms. The molecular weight excluding hydrogens is 363 g/mol. The van der Waals surface area contributed by atoms with Gasteiger partial charge in [-0.3, -0.25) is 4.79 Å². The third-order valence-corrected chi connectivity index (χ3v) is 6.10. The Hall–Kier alpha value is -0.990. The number of hydrogen-bond donors (Lipinski definition) is 1. The first-order valence-electron chi connectivity index (χ1n) is 6.38. The minimum atomic E-state index is -3.94. The molecule has 0 aromatic heterocycles. The van der Waals surface area contributed by atoms with Crippen LogP contribution < -0.4 is 5.32 Å². The van der Waals surface area contributed by atoms with Crippen LogP contribution in [0.1, 0.15) is 13.3 Å². The monoisotopic (exact) mass is 378 g/mol. The molecule has 2 rings (SSSR count). The van der Waals surface area contributed by atoms with Crippen LogP contribution in [0.4, 0.5) is 4.39 Å². The third-order valence-electron chi connectivity index (χ3n) is 3.73. The van der Waals surface area contributed by atoms with Gasteiger partial charge in [-0.05, 0) is 31.5 Å². The largest absolute Gasteiger partial charge is 0.359 e. The summed E-state index contributed by atoms with van der Waals surface area (Å²) in [6.07, 6.45) is 0.407. The number of benzene rings is 1. The van der Waals surface area contributed by atoms with Crippen LogP contribution in [-0.4, -0.2) is 38.8 Å². The highest BCUT2D eigenvalue weighted by molar-refractivity contribution is 9.10. The van der Waals surface area contributed by atoms with E-state index in [9.17, 15) is 17.6 Å². The van der Waals surface area contributed by atoms with E-state index in [0.29, 0.717) is 10.9 Å². The zero-order chi connectivity index (χ0) is 15.8. The molecule has 0 spiro atoms. The average Bonchev–Trinajstić information content (AvgIpc) is 2.82. The molecule has 21 heavy (non-hydrogen) atoms. The molecule has 0 saturated carbocycles. The SMILES string of the molecule is CNC(=O)C1(C)CCN(S(=O)(=O)c2ccc(Br)cc2F)C1. The maximum Gasteiger partial charge on any atom is 0.246 e. The number of carbonyl (C=O) groups is 1. The Bertz CT molecular complexity index is 680. The molecule has 1 aliphatic heterocycles. The second-order valence-corrected chi connectivity index (χ2v) is 8.13. The van der Waals surface area contributed by atoms with Crippen molar-refractivity contribution >= 4 is 31.9 Å². The Morgan fingerprint density at radius 1 is 1.48 bits per heavy atom. The van der Waals surface area contributed by atoms with Gasteiger partial charge in [0.15, 0.2) is 0 Å². The molecule has 1 aromatic carbocycles. The molecule has 1 heterocycles. The van der Waals surface area contributed by atoms with E-state index in [0.717, 1.165) is 10.4 Å². The molecule has 1 saturated heterocycles. The molecule has 1 aliphatic rings. The molecule has 1 N–H and O–H groups in total. The summed E-state index contributed by atoms with van der Waals surface area (Å²) >= 11 is 3.09. The summed E-state index contributed by atoms with van der Waals surface area (Å²) in [5.74, 6) is -1.02. The normalized spacial score (nSPS) is 23.2.